The molecule has 0 aliphatic carbocycles. The molecule has 0 saturated heterocycles. The van der Waals surface area contributed by atoms with Crippen LogP contribution in [0.25, 0.3) is 0 Å². The molecule has 62 valence electrons. The summed E-state index contributed by atoms with van der Waals surface area (Å²) in [6, 6.07) is 8.48. The summed E-state index contributed by atoms with van der Waals surface area (Å²) in [6.45, 7) is 0. The van der Waals surface area contributed by atoms with E-state index in [1.54, 1.807) is 12.1 Å². The predicted octanol–water partition coefficient (Wildman–Crippen LogP) is 2.67. The molecule has 0 spiro atoms. The molecule has 0 atom stereocenters. The van der Waals surface area contributed by atoms with Gasteiger partial charge in [-0.15, -0.1) is 0 Å². The molecular weight excluding hydrogens is 153 g/mol. The van der Waals surface area contributed by atoms with Crippen LogP contribution in [-0.2, 0) is 6.42 Å². The number of unbranched alkanes of at least 4 members (excludes halogenated alkanes) is 1. The third-order valence-corrected chi connectivity index (χ3v) is 1.67. The summed E-state index contributed by atoms with van der Waals surface area (Å²) in [5.74, 6) is -0.209. The molecule has 0 aromatic heterocycles. The lowest BCUT2D eigenvalue weighted by Crippen LogP contribution is -1.84. The number of halogens is 1. The van der Waals surface area contributed by atoms with Crippen molar-refractivity contribution in [3.05, 3.63) is 35.6 Å². The quantitative estimate of drug-likeness (QED) is 0.628. The van der Waals surface area contributed by atoms with Crippen molar-refractivity contribution < 1.29 is 4.39 Å². The molecule has 0 fully saturated rings. The van der Waals surface area contributed by atoms with Crippen LogP contribution in [0.4, 0.5) is 4.39 Å². The van der Waals surface area contributed by atoms with Crippen molar-refractivity contribution in [2.75, 3.05) is 0 Å². The van der Waals surface area contributed by atoms with Gasteiger partial charge in [0, 0.05) is 6.42 Å². The first kappa shape index (κ1) is 8.73. The number of hydrogen-bond acceptors (Lipinski definition) is 1. The zero-order valence-electron chi connectivity index (χ0n) is 6.76. The summed E-state index contributed by atoms with van der Waals surface area (Å²) in [5, 5.41) is 8.28. The van der Waals surface area contributed by atoms with E-state index in [0.717, 1.165) is 18.4 Å². The minimum Gasteiger partial charge on any atom is -0.207 e. The largest absolute Gasteiger partial charge is 0.207 e. The van der Waals surface area contributed by atoms with E-state index in [1.165, 1.54) is 12.1 Å². The molecular formula is C10H10FN. The lowest BCUT2D eigenvalue weighted by atomic mass is 10.1. The zero-order valence-corrected chi connectivity index (χ0v) is 6.76. The maximum absolute atomic E-state index is 12.4. The summed E-state index contributed by atoms with van der Waals surface area (Å²) in [6.07, 6.45) is 2.27. The fourth-order valence-electron chi connectivity index (χ4n) is 1.02. The summed E-state index contributed by atoms with van der Waals surface area (Å²) >= 11 is 0. The highest BCUT2D eigenvalue weighted by atomic mass is 19.1. The Morgan fingerprint density at radius 1 is 1.25 bits per heavy atom. The molecule has 0 unspecified atom stereocenters. The molecule has 1 aromatic rings. The molecule has 0 bridgehead atoms. The molecule has 1 rings (SSSR count). The molecule has 0 aliphatic heterocycles. The topological polar surface area (TPSA) is 23.8 Å². The number of nitrogens with zero attached hydrogens (tertiary/aromatic N) is 1. The second-order valence-corrected chi connectivity index (χ2v) is 2.64. The first-order valence-corrected chi connectivity index (χ1v) is 3.94. The van der Waals surface area contributed by atoms with Crippen LogP contribution >= 0.6 is 0 Å². The van der Waals surface area contributed by atoms with Gasteiger partial charge in [0.1, 0.15) is 5.82 Å². The number of nitriles is 1. The number of hydrogen-bond donors (Lipinski definition) is 0. The van der Waals surface area contributed by atoms with Gasteiger partial charge in [0.2, 0.25) is 0 Å². The van der Waals surface area contributed by atoms with Crippen molar-refractivity contribution in [2.24, 2.45) is 0 Å². The Balaban J connectivity index is 2.43. The predicted molar refractivity (Wildman–Crippen MR) is 45.0 cm³/mol. The van der Waals surface area contributed by atoms with Crippen molar-refractivity contribution in [3.63, 3.8) is 0 Å². The minimum absolute atomic E-state index is 0.209. The molecule has 0 N–H and O–H groups in total. The van der Waals surface area contributed by atoms with E-state index >= 15 is 0 Å². The molecule has 12 heavy (non-hydrogen) atoms. The minimum atomic E-state index is -0.209. The molecule has 0 amide bonds. The number of rotatable bonds is 3. The van der Waals surface area contributed by atoms with E-state index in [4.69, 9.17) is 5.26 Å². The van der Waals surface area contributed by atoms with E-state index in [1.807, 2.05) is 0 Å². The van der Waals surface area contributed by atoms with Gasteiger partial charge in [-0.25, -0.2) is 4.39 Å². The fraction of sp³-hybridized carbons (Fsp3) is 0.300. The van der Waals surface area contributed by atoms with Crippen LogP contribution in [0.5, 0.6) is 0 Å². The monoisotopic (exact) mass is 163 g/mol. The molecule has 0 radical (unpaired) electrons. The van der Waals surface area contributed by atoms with Gasteiger partial charge in [-0.2, -0.15) is 5.26 Å². The smallest absolute Gasteiger partial charge is 0.123 e. The van der Waals surface area contributed by atoms with Crippen LogP contribution in [-0.4, -0.2) is 0 Å². The van der Waals surface area contributed by atoms with Gasteiger partial charge in [-0.05, 0) is 30.5 Å². The lowest BCUT2D eigenvalue weighted by molar-refractivity contribution is 0.626. The highest BCUT2D eigenvalue weighted by molar-refractivity contribution is 5.16. The third kappa shape index (κ3) is 2.71. The van der Waals surface area contributed by atoms with Gasteiger partial charge < -0.3 is 0 Å². The Hall–Kier alpha value is -1.36. The van der Waals surface area contributed by atoms with Crippen LogP contribution in [0.2, 0.25) is 0 Å². The van der Waals surface area contributed by atoms with Crippen molar-refractivity contribution in [2.45, 2.75) is 19.3 Å². The van der Waals surface area contributed by atoms with E-state index < -0.39 is 0 Å². The first-order valence-electron chi connectivity index (χ1n) is 3.94. The van der Waals surface area contributed by atoms with Gasteiger partial charge in [-0.3, -0.25) is 0 Å². The summed E-state index contributed by atoms with van der Waals surface area (Å²) in [4.78, 5) is 0. The lowest BCUT2D eigenvalue weighted by Gasteiger charge is -1.97. The van der Waals surface area contributed by atoms with Crippen LogP contribution in [0.1, 0.15) is 18.4 Å². The molecule has 2 heteroatoms. The van der Waals surface area contributed by atoms with Gasteiger partial charge in [-0.1, -0.05) is 12.1 Å². The maximum atomic E-state index is 12.4. The van der Waals surface area contributed by atoms with Gasteiger partial charge in [0.15, 0.2) is 0 Å². The van der Waals surface area contributed by atoms with Gasteiger partial charge in [0.05, 0.1) is 6.07 Å². The summed E-state index contributed by atoms with van der Waals surface area (Å²) in [5.41, 5.74) is 1.09. The van der Waals surface area contributed by atoms with Gasteiger partial charge in [0.25, 0.3) is 0 Å². The standard InChI is InChI=1S/C10H10FN/c11-10-6-4-9(5-7-10)3-1-2-8-12/h4-7H,1-3H2. The molecule has 0 aliphatic rings. The molecule has 0 saturated carbocycles. The van der Waals surface area contributed by atoms with Crippen LogP contribution in [0.15, 0.2) is 24.3 Å². The second-order valence-electron chi connectivity index (χ2n) is 2.64. The fourth-order valence-corrected chi connectivity index (χ4v) is 1.02. The van der Waals surface area contributed by atoms with E-state index in [2.05, 4.69) is 6.07 Å². The van der Waals surface area contributed by atoms with Crippen molar-refractivity contribution in [1.29, 1.82) is 5.26 Å². The van der Waals surface area contributed by atoms with Crippen molar-refractivity contribution >= 4 is 0 Å². The zero-order chi connectivity index (χ0) is 8.81. The summed E-state index contributed by atoms with van der Waals surface area (Å²) < 4.78 is 12.4. The van der Waals surface area contributed by atoms with Crippen LogP contribution in [0.3, 0.4) is 0 Å². The van der Waals surface area contributed by atoms with E-state index in [0.29, 0.717) is 6.42 Å². The van der Waals surface area contributed by atoms with Crippen LogP contribution in [0, 0.1) is 17.1 Å². The average molecular weight is 163 g/mol. The third-order valence-electron chi connectivity index (χ3n) is 1.67. The van der Waals surface area contributed by atoms with Crippen molar-refractivity contribution in [3.8, 4) is 6.07 Å². The first-order chi connectivity index (χ1) is 5.83. The maximum Gasteiger partial charge on any atom is 0.123 e. The van der Waals surface area contributed by atoms with Crippen molar-refractivity contribution in [1.82, 2.24) is 0 Å². The molecule has 0 heterocycles. The Morgan fingerprint density at radius 3 is 2.50 bits per heavy atom. The summed E-state index contributed by atoms with van der Waals surface area (Å²) in [7, 11) is 0. The Bertz CT molecular complexity index is 271. The molecule has 1 nitrogen and oxygen atoms in total. The SMILES string of the molecule is N#CCCCc1ccc(F)cc1. The van der Waals surface area contributed by atoms with E-state index in [9.17, 15) is 4.39 Å². The van der Waals surface area contributed by atoms with Crippen LogP contribution < -0.4 is 0 Å². The number of benzene rings is 1. The highest BCUT2D eigenvalue weighted by Gasteiger charge is 1.93. The highest BCUT2D eigenvalue weighted by Crippen LogP contribution is 2.06. The normalized spacial score (nSPS) is 9.33. The number of aryl methyl sites for hydroxylation is 1. The molecule has 1 aromatic carbocycles. The Kier molecular flexibility index (Phi) is 3.28. The Labute approximate surface area is 71.4 Å². The van der Waals surface area contributed by atoms with Gasteiger partial charge >= 0.3 is 0 Å². The Morgan fingerprint density at radius 2 is 1.92 bits per heavy atom. The average Bonchev–Trinajstić information content (AvgIpc) is 2.09. The van der Waals surface area contributed by atoms with E-state index in [-0.39, 0.29) is 5.82 Å². The second kappa shape index (κ2) is 4.50.